The molecule has 2 aliphatic heterocycles. The molecule has 6 rings (SSSR count). The minimum absolute atomic E-state index is 0.127. The number of likely N-dealkylation sites (N-methyl/N-ethyl adjacent to an activating group) is 1. The summed E-state index contributed by atoms with van der Waals surface area (Å²) in [6.07, 6.45) is 17.5. The predicted octanol–water partition coefficient (Wildman–Crippen LogP) is 2.21. The molecule has 1 aliphatic carbocycles. The highest BCUT2D eigenvalue weighted by molar-refractivity contribution is 5.78. The average molecular weight is 549 g/mol. The van der Waals surface area contributed by atoms with E-state index in [1.54, 1.807) is 0 Å². The van der Waals surface area contributed by atoms with Crippen LogP contribution < -0.4 is 15.5 Å². The number of fused-ring (bicyclic) bond motifs is 1. The molecule has 214 valence electrons. The number of rotatable bonds is 8. The van der Waals surface area contributed by atoms with Crippen LogP contribution in [0.3, 0.4) is 0 Å². The van der Waals surface area contributed by atoms with Crippen LogP contribution in [0, 0.1) is 12.8 Å². The van der Waals surface area contributed by atoms with Crippen LogP contribution in [0.5, 0.6) is 0 Å². The molecule has 2 saturated heterocycles. The van der Waals surface area contributed by atoms with Crippen molar-refractivity contribution in [3.8, 4) is 12.8 Å². The topological polar surface area (TPSA) is 127 Å². The molecular formula is C28H40N10O2. The maximum atomic E-state index is 11.7. The van der Waals surface area contributed by atoms with Crippen molar-refractivity contribution in [3.63, 3.8) is 0 Å². The lowest BCUT2D eigenvalue weighted by Gasteiger charge is -2.33. The highest BCUT2D eigenvalue weighted by Gasteiger charge is 2.26. The Balaban J connectivity index is 0.000000190. The Bertz CT molecular complexity index is 1270. The number of aromatic amines is 1. The summed E-state index contributed by atoms with van der Waals surface area (Å²) >= 11 is 0. The van der Waals surface area contributed by atoms with E-state index in [-0.39, 0.29) is 11.9 Å². The number of carbonyl (C=O) groups is 2. The van der Waals surface area contributed by atoms with E-state index in [1.165, 1.54) is 31.4 Å². The summed E-state index contributed by atoms with van der Waals surface area (Å²) in [5.41, 5.74) is 2.18. The molecule has 0 bridgehead atoms. The average Bonchev–Trinajstić information content (AvgIpc) is 3.33. The molecule has 0 aromatic carbocycles. The summed E-state index contributed by atoms with van der Waals surface area (Å²) in [4.78, 5) is 32.7. The van der Waals surface area contributed by atoms with Crippen molar-refractivity contribution >= 4 is 35.4 Å². The Morgan fingerprint density at radius 2 is 1.95 bits per heavy atom. The molecule has 1 atom stereocenters. The number of nitrogens with zero attached hydrogens (tertiary/aromatic N) is 7. The zero-order valence-corrected chi connectivity index (χ0v) is 23.4. The minimum atomic E-state index is 0.127. The number of nitrogens with one attached hydrogen (secondary N) is 3. The van der Waals surface area contributed by atoms with E-state index in [2.05, 4.69) is 49.7 Å². The van der Waals surface area contributed by atoms with Crippen LogP contribution >= 0.6 is 0 Å². The van der Waals surface area contributed by atoms with Gasteiger partial charge in [-0.05, 0) is 64.8 Å². The van der Waals surface area contributed by atoms with Crippen LogP contribution in [0.1, 0.15) is 50.1 Å². The highest BCUT2D eigenvalue weighted by Crippen LogP contribution is 2.39. The quantitative estimate of drug-likeness (QED) is 0.289. The Hall–Kier alpha value is -4.11. The number of piperidine rings is 1. The summed E-state index contributed by atoms with van der Waals surface area (Å²) in [7, 11) is 3.76. The van der Waals surface area contributed by atoms with Gasteiger partial charge in [0.15, 0.2) is 11.6 Å². The molecule has 3 fully saturated rings. The van der Waals surface area contributed by atoms with Crippen LogP contribution in [0.15, 0.2) is 24.4 Å². The third-order valence-corrected chi connectivity index (χ3v) is 7.16. The predicted molar refractivity (Wildman–Crippen MR) is 156 cm³/mol. The van der Waals surface area contributed by atoms with Crippen LogP contribution in [0.25, 0.3) is 5.52 Å². The van der Waals surface area contributed by atoms with Gasteiger partial charge < -0.3 is 25.3 Å². The fourth-order valence-electron chi connectivity index (χ4n) is 5.00. The van der Waals surface area contributed by atoms with E-state index in [9.17, 15) is 9.59 Å². The van der Waals surface area contributed by atoms with Crippen molar-refractivity contribution in [3.05, 3.63) is 30.1 Å². The number of amides is 2. The summed E-state index contributed by atoms with van der Waals surface area (Å²) in [5.74, 6) is 3.21. The normalized spacial score (nSPS) is 18.5. The van der Waals surface area contributed by atoms with Crippen molar-refractivity contribution < 1.29 is 9.59 Å². The molecule has 2 amide bonds. The van der Waals surface area contributed by atoms with E-state index in [0.29, 0.717) is 25.4 Å². The number of hydrogen-bond acceptors (Lipinski definition) is 8. The summed E-state index contributed by atoms with van der Waals surface area (Å²) in [6, 6.07) is 6.23. The molecule has 0 unspecified atom stereocenters. The van der Waals surface area contributed by atoms with Gasteiger partial charge in [-0.25, -0.2) is 4.52 Å². The standard InChI is InChI=1S/C16H19N7.C10H19N3O2.C2H2/c1-2-8-22(7-1)16-18-15(13-4-3-9-23(13)21-16)17-14-10-12(19-20-14)11-5-6-11;1-12(2)7-10(15)13-5-3-4-9(6-13)11-8-14;1-2/h3-4,9-11H,1-2,5-8H2,(H2,17,18,19,20,21);8-9H,3-7H2,1-2H3,(H,11,14);1-2H/t;9-;/m.1./s1. The van der Waals surface area contributed by atoms with E-state index in [1.807, 2.05) is 46.7 Å². The lowest BCUT2D eigenvalue weighted by atomic mass is 10.1. The highest BCUT2D eigenvalue weighted by atomic mass is 16.2. The number of hydrogen-bond donors (Lipinski definition) is 3. The first-order chi connectivity index (χ1) is 19.5. The van der Waals surface area contributed by atoms with Gasteiger partial charge in [-0.3, -0.25) is 14.7 Å². The second-order valence-corrected chi connectivity index (χ2v) is 10.6. The van der Waals surface area contributed by atoms with Gasteiger partial charge in [0.05, 0.1) is 6.54 Å². The van der Waals surface area contributed by atoms with Crippen molar-refractivity contribution in [2.24, 2.45) is 0 Å². The molecule has 1 saturated carbocycles. The number of H-pyrrole nitrogens is 1. The van der Waals surface area contributed by atoms with Gasteiger partial charge in [0, 0.05) is 56.1 Å². The van der Waals surface area contributed by atoms with Gasteiger partial charge in [-0.1, -0.05) is 0 Å². The van der Waals surface area contributed by atoms with E-state index in [4.69, 9.17) is 4.98 Å². The number of anilines is 3. The zero-order valence-electron chi connectivity index (χ0n) is 23.4. The van der Waals surface area contributed by atoms with Crippen LogP contribution in [0.4, 0.5) is 17.6 Å². The van der Waals surface area contributed by atoms with Crippen LogP contribution in [0.2, 0.25) is 0 Å². The van der Waals surface area contributed by atoms with Gasteiger partial charge >= 0.3 is 0 Å². The fourth-order valence-corrected chi connectivity index (χ4v) is 5.00. The molecule has 0 spiro atoms. The molecular weight excluding hydrogens is 508 g/mol. The zero-order chi connectivity index (χ0) is 28.5. The van der Waals surface area contributed by atoms with Crippen molar-refractivity contribution in [2.45, 2.75) is 50.5 Å². The summed E-state index contributed by atoms with van der Waals surface area (Å²) < 4.78 is 1.89. The first kappa shape index (κ1) is 28.9. The molecule has 40 heavy (non-hydrogen) atoms. The van der Waals surface area contributed by atoms with Crippen LogP contribution in [-0.4, -0.2) is 99.8 Å². The van der Waals surface area contributed by atoms with Gasteiger partial charge in [-0.2, -0.15) is 10.1 Å². The van der Waals surface area contributed by atoms with Crippen molar-refractivity contribution in [2.75, 3.05) is 57.0 Å². The Kier molecular flexibility index (Phi) is 9.96. The lowest BCUT2D eigenvalue weighted by Crippen LogP contribution is -2.49. The molecule has 3 aromatic rings. The molecule has 3 aromatic heterocycles. The Morgan fingerprint density at radius 3 is 2.65 bits per heavy atom. The molecule has 3 aliphatic rings. The summed E-state index contributed by atoms with van der Waals surface area (Å²) in [5, 5.41) is 18.2. The number of carbonyl (C=O) groups excluding carboxylic acids is 2. The number of aromatic nitrogens is 5. The number of likely N-dealkylation sites (tertiary alicyclic amines) is 1. The Morgan fingerprint density at radius 1 is 1.18 bits per heavy atom. The first-order valence-corrected chi connectivity index (χ1v) is 13.9. The number of terminal acetylenes is 1. The van der Waals surface area contributed by atoms with E-state index in [0.717, 1.165) is 55.6 Å². The Labute approximate surface area is 235 Å². The SMILES string of the molecule is C#C.CN(C)CC(=O)N1CCC[C@@H](NC=O)C1.c1cc2c(Nc3cc(C4CC4)[nH]n3)nc(N3CCCC3)nn2c1. The third-order valence-electron chi connectivity index (χ3n) is 7.16. The van der Waals surface area contributed by atoms with Crippen molar-refractivity contribution in [1.82, 2.24) is 39.9 Å². The smallest absolute Gasteiger partial charge is 0.245 e. The van der Waals surface area contributed by atoms with Crippen LogP contribution in [-0.2, 0) is 9.59 Å². The second-order valence-electron chi connectivity index (χ2n) is 10.6. The monoisotopic (exact) mass is 548 g/mol. The molecule has 3 N–H and O–H groups in total. The molecule has 12 nitrogen and oxygen atoms in total. The lowest BCUT2D eigenvalue weighted by molar-refractivity contribution is -0.133. The minimum Gasteiger partial charge on any atom is -0.354 e. The maximum Gasteiger partial charge on any atom is 0.245 e. The van der Waals surface area contributed by atoms with Gasteiger partial charge in [-0.15, -0.1) is 17.9 Å². The molecule has 5 heterocycles. The second kappa shape index (κ2) is 13.8. The van der Waals surface area contributed by atoms with Gasteiger partial charge in [0.25, 0.3) is 0 Å². The van der Waals surface area contributed by atoms with Crippen molar-refractivity contribution in [1.29, 1.82) is 0 Å². The molecule has 0 radical (unpaired) electrons. The fraction of sp³-hybridized carbons (Fsp3) is 0.536. The van der Waals surface area contributed by atoms with Gasteiger partial charge in [0.1, 0.15) is 5.52 Å². The molecule has 12 heteroatoms. The van der Waals surface area contributed by atoms with Gasteiger partial charge in [0.2, 0.25) is 18.3 Å². The summed E-state index contributed by atoms with van der Waals surface area (Å²) in [6.45, 7) is 3.95. The first-order valence-electron chi connectivity index (χ1n) is 13.9. The largest absolute Gasteiger partial charge is 0.354 e. The van der Waals surface area contributed by atoms with E-state index >= 15 is 0 Å². The third kappa shape index (κ3) is 7.51. The maximum absolute atomic E-state index is 11.7. The van der Waals surface area contributed by atoms with E-state index < -0.39 is 0 Å².